The minimum absolute atomic E-state index is 0.198. The van der Waals surface area contributed by atoms with Crippen molar-refractivity contribution in [3.05, 3.63) is 28.2 Å². The summed E-state index contributed by atoms with van der Waals surface area (Å²) in [6, 6.07) is 0.273. The van der Waals surface area contributed by atoms with Gasteiger partial charge in [0.1, 0.15) is 11.8 Å². The summed E-state index contributed by atoms with van der Waals surface area (Å²) in [7, 11) is 0. The largest absolute Gasteiger partial charge is 0.436 e. The highest BCUT2D eigenvalue weighted by Crippen LogP contribution is 2.31. The highest BCUT2D eigenvalue weighted by atomic mass is 16.6. The third kappa shape index (κ3) is 2.10. The lowest BCUT2D eigenvalue weighted by Crippen LogP contribution is -2.36. The van der Waals surface area contributed by atoms with Gasteiger partial charge in [0.25, 0.3) is 0 Å². The average molecular weight is 278 g/mol. The van der Waals surface area contributed by atoms with E-state index in [0.717, 1.165) is 12.1 Å². The molecule has 2 aromatic rings. The quantitative estimate of drug-likeness (QED) is 0.605. The summed E-state index contributed by atoms with van der Waals surface area (Å²) in [6.45, 7) is 4.93. The minimum atomic E-state index is -0.532. The number of nitro groups is 1. The molecule has 3 rings (SSSR count). The molecule has 106 valence electrons. The fourth-order valence-electron chi connectivity index (χ4n) is 2.28. The predicted molar refractivity (Wildman–Crippen MR) is 67.3 cm³/mol. The van der Waals surface area contributed by atoms with Crippen LogP contribution in [0, 0.1) is 10.1 Å². The summed E-state index contributed by atoms with van der Waals surface area (Å²) in [6.07, 6.45) is 4.09. The maximum absolute atomic E-state index is 10.6. The Bertz CT molecular complexity index is 637. The van der Waals surface area contributed by atoms with E-state index in [2.05, 4.69) is 15.3 Å². The molecule has 0 N–H and O–H groups in total. The molecule has 0 radical (unpaired) electrons. The molecule has 0 aromatic carbocycles. The summed E-state index contributed by atoms with van der Waals surface area (Å²) < 4.78 is 9.10. The molecule has 0 saturated heterocycles. The third-order valence-electron chi connectivity index (χ3n) is 3.20. The monoisotopic (exact) mass is 278 g/mol. The van der Waals surface area contributed by atoms with Crippen LogP contribution in [0.3, 0.4) is 0 Å². The molecule has 9 nitrogen and oxygen atoms in total. The van der Waals surface area contributed by atoms with Gasteiger partial charge in [-0.1, -0.05) is 12.1 Å². The third-order valence-corrected chi connectivity index (χ3v) is 3.20. The number of rotatable bonds is 4. The standard InChI is InChI=1S/C11H14N6O3/c1-3-8-4-16(14-13-8)7-11(2)6-15-5-9(17(18)19)12-10(15)20-11/h4-5H,3,6-7H2,1-2H3. The van der Waals surface area contributed by atoms with E-state index in [1.54, 1.807) is 9.25 Å². The Labute approximate surface area is 114 Å². The summed E-state index contributed by atoms with van der Waals surface area (Å²) in [5.41, 5.74) is 0.385. The molecule has 1 atom stereocenters. The molecule has 0 amide bonds. The van der Waals surface area contributed by atoms with Crippen LogP contribution in [0.1, 0.15) is 19.5 Å². The van der Waals surface area contributed by atoms with E-state index in [1.807, 2.05) is 20.0 Å². The molecule has 1 aliphatic heterocycles. The van der Waals surface area contributed by atoms with Crippen LogP contribution in [0.2, 0.25) is 0 Å². The number of ether oxygens (including phenoxy) is 1. The van der Waals surface area contributed by atoms with Crippen LogP contribution >= 0.6 is 0 Å². The number of imidazole rings is 1. The minimum Gasteiger partial charge on any atom is -0.436 e. The summed E-state index contributed by atoms with van der Waals surface area (Å²) in [5, 5.41) is 18.7. The Kier molecular flexibility index (Phi) is 2.70. The first-order valence-corrected chi connectivity index (χ1v) is 6.29. The van der Waals surface area contributed by atoms with E-state index in [-0.39, 0.29) is 11.8 Å². The van der Waals surface area contributed by atoms with Crippen molar-refractivity contribution < 1.29 is 9.66 Å². The second-order valence-electron chi connectivity index (χ2n) is 5.08. The van der Waals surface area contributed by atoms with E-state index in [1.165, 1.54) is 6.20 Å². The van der Waals surface area contributed by atoms with E-state index in [4.69, 9.17) is 4.74 Å². The molecular formula is C11H14N6O3. The van der Waals surface area contributed by atoms with E-state index in [0.29, 0.717) is 13.1 Å². The van der Waals surface area contributed by atoms with Crippen LogP contribution in [-0.4, -0.2) is 35.1 Å². The molecule has 0 aliphatic carbocycles. The molecule has 20 heavy (non-hydrogen) atoms. The van der Waals surface area contributed by atoms with Crippen molar-refractivity contribution >= 4 is 5.82 Å². The van der Waals surface area contributed by atoms with Gasteiger partial charge in [0.2, 0.25) is 0 Å². The number of nitrogens with zero attached hydrogens (tertiary/aromatic N) is 6. The van der Waals surface area contributed by atoms with E-state index >= 15 is 0 Å². The van der Waals surface area contributed by atoms with Gasteiger partial charge in [-0.15, -0.1) is 5.10 Å². The van der Waals surface area contributed by atoms with Crippen LogP contribution in [0.15, 0.2) is 12.4 Å². The molecule has 0 bridgehead atoms. The number of hydrogen-bond acceptors (Lipinski definition) is 6. The first-order valence-electron chi connectivity index (χ1n) is 6.29. The van der Waals surface area contributed by atoms with Gasteiger partial charge in [-0.3, -0.25) is 4.57 Å². The molecule has 9 heteroatoms. The molecule has 3 heterocycles. The number of fused-ring (bicyclic) bond motifs is 1. The Morgan fingerprint density at radius 2 is 2.35 bits per heavy atom. The van der Waals surface area contributed by atoms with Gasteiger partial charge < -0.3 is 14.9 Å². The molecule has 1 aliphatic rings. The Morgan fingerprint density at radius 1 is 1.55 bits per heavy atom. The highest BCUT2D eigenvalue weighted by Gasteiger charge is 2.40. The van der Waals surface area contributed by atoms with Crippen molar-refractivity contribution in [1.29, 1.82) is 0 Å². The van der Waals surface area contributed by atoms with Gasteiger partial charge in [0.15, 0.2) is 0 Å². The molecule has 2 aromatic heterocycles. The number of aryl methyl sites for hydroxylation is 1. The second-order valence-corrected chi connectivity index (χ2v) is 5.08. The zero-order valence-electron chi connectivity index (χ0n) is 11.2. The lowest BCUT2D eigenvalue weighted by molar-refractivity contribution is -0.389. The van der Waals surface area contributed by atoms with Crippen LogP contribution in [0.25, 0.3) is 0 Å². The Hall–Kier alpha value is -2.45. The highest BCUT2D eigenvalue weighted by molar-refractivity contribution is 5.23. The van der Waals surface area contributed by atoms with Crippen molar-refractivity contribution in [2.45, 2.75) is 39.0 Å². The zero-order valence-corrected chi connectivity index (χ0v) is 11.2. The molecule has 0 fully saturated rings. The van der Waals surface area contributed by atoms with E-state index in [9.17, 15) is 10.1 Å². The summed E-state index contributed by atoms with van der Waals surface area (Å²) >= 11 is 0. The Morgan fingerprint density at radius 3 is 2.95 bits per heavy atom. The van der Waals surface area contributed by atoms with Crippen molar-refractivity contribution in [3.8, 4) is 6.01 Å². The fourth-order valence-corrected chi connectivity index (χ4v) is 2.28. The van der Waals surface area contributed by atoms with Gasteiger partial charge in [-0.25, -0.2) is 4.68 Å². The van der Waals surface area contributed by atoms with Gasteiger partial charge in [0.05, 0.1) is 18.8 Å². The lowest BCUT2D eigenvalue weighted by Gasteiger charge is -2.21. The van der Waals surface area contributed by atoms with Crippen LogP contribution < -0.4 is 4.74 Å². The van der Waals surface area contributed by atoms with Crippen molar-refractivity contribution in [1.82, 2.24) is 24.5 Å². The predicted octanol–water partition coefficient (Wildman–Crippen LogP) is 0.796. The Balaban J connectivity index is 1.75. The molecule has 0 spiro atoms. The first-order chi connectivity index (χ1) is 9.49. The van der Waals surface area contributed by atoms with Crippen molar-refractivity contribution in [2.75, 3.05) is 0 Å². The maximum Gasteiger partial charge on any atom is 0.415 e. The zero-order chi connectivity index (χ0) is 14.3. The second kappa shape index (κ2) is 4.29. The van der Waals surface area contributed by atoms with Crippen molar-refractivity contribution in [3.63, 3.8) is 0 Å². The SMILES string of the molecule is CCc1cn(CC2(C)Cn3cc([N+](=O)[O-])nc3O2)nn1. The van der Waals surface area contributed by atoms with Crippen molar-refractivity contribution in [2.24, 2.45) is 0 Å². The maximum atomic E-state index is 10.6. The topological polar surface area (TPSA) is 101 Å². The van der Waals surface area contributed by atoms with Gasteiger partial charge in [-0.05, 0) is 18.3 Å². The smallest absolute Gasteiger partial charge is 0.415 e. The lowest BCUT2D eigenvalue weighted by atomic mass is 10.1. The van der Waals surface area contributed by atoms with Crippen LogP contribution in [0.4, 0.5) is 5.82 Å². The normalized spacial score (nSPS) is 20.7. The average Bonchev–Trinajstić information content (AvgIpc) is 3.02. The van der Waals surface area contributed by atoms with Crippen LogP contribution in [-0.2, 0) is 19.5 Å². The number of hydrogen-bond donors (Lipinski definition) is 0. The summed E-state index contributed by atoms with van der Waals surface area (Å²) in [5.74, 6) is -0.198. The molecule has 1 unspecified atom stereocenters. The van der Waals surface area contributed by atoms with Gasteiger partial charge in [-0.2, -0.15) is 0 Å². The van der Waals surface area contributed by atoms with Gasteiger partial charge >= 0.3 is 11.8 Å². The summed E-state index contributed by atoms with van der Waals surface area (Å²) in [4.78, 5) is 14.0. The number of aromatic nitrogens is 5. The molecule has 0 saturated carbocycles. The van der Waals surface area contributed by atoms with E-state index < -0.39 is 10.5 Å². The van der Waals surface area contributed by atoms with Gasteiger partial charge in [0, 0.05) is 11.2 Å². The molecular weight excluding hydrogens is 264 g/mol. The first kappa shape index (κ1) is 12.6. The fraction of sp³-hybridized carbons (Fsp3) is 0.545. The van der Waals surface area contributed by atoms with Crippen LogP contribution in [0.5, 0.6) is 6.01 Å².